The summed E-state index contributed by atoms with van der Waals surface area (Å²) in [5.41, 5.74) is 6.54. The van der Waals surface area contributed by atoms with E-state index in [9.17, 15) is 4.79 Å². The van der Waals surface area contributed by atoms with E-state index in [1.54, 1.807) is 22.9 Å². The molecule has 8 rings (SSSR count). The Hall–Kier alpha value is -4.61. The molecule has 0 spiro atoms. The third kappa shape index (κ3) is 5.54. The molecule has 1 amide bonds. The molecule has 0 unspecified atom stereocenters. The molecule has 3 aliphatic heterocycles. The summed E-state index contributed by atoms with van der Waals surface area (Å²) >= 11 is 8.05. The third-order valence-corrected chi connectivity index (χ3v) is 9.99. The summed E-state index contributed by atoms with van der Waals surface area (Å²) in [5.74, 6) is 1.76. The SMILES string of the molecule is O=C(Cn1cc(/C=N/Nc2nc(N3CCCC3)nc(N3CCCC3)n2)c2ccccc21)N1c2ccccc2Sc2ccc(Cl)cc21. The number of nitrogens with zero attached hydrogens (tertiary/aromatic N) is 8. The zero-order chi connectivity index (χ0) is 31.0. The minimum Gasteiger partial charge on any atom is -0.341 e. The molecule has 232 valence electrons. The van der Waals surface area contributed by atoms with E-state index >= 15 is 0 Å². The first-order valence-electron chi connectivity index (χ1n) is 15.6. The van der Waals surface area contributed by atoms with Crippen LogP contribution in [0.4, 0.5) is 29.2 Å². The average Bonchev–Trinajstić information content (AvgIpc) is 3.87. The lowest BCUT2D eigenvalue weighted by molar-refractivity contribution is -0.118. The molecular formula is C34H32ClN9OS. The largest absolute Gasteiger partial charge is 0.341 e. The first kappa shape index (κ1) is 28.8. The number of rotatable bonds is 7. The Morgan fingerprint density at radius 3 is 2.28 bits per heavy atom. The van der Waals surface area contributed by atoms with E-state index in [4.69, 9.17) is 26.6 Å². The lowest BCUT2D eigenvalue weighted by Crippen LogP contribution is -2.31. The molecule has 5 heterocycles. The summed E-state index contributed by atoms with van der Waals surface area (Å²) in [7, 11) is 0. The third-order valence-electron chi connectivity index (χ3n) is 8.62. The quantitative estimate of drug-likeness (QED) is 0.149. The Labute approximate surface area is 276 Å². The number of benzene rings is 3. The summed E-state index contributed by atoms with van der Waals surface area (Å²) in [5, 5.41) is 6.14. The number of anilines is 5. The lowest BCUT2D eigenvalue weighted by atomic mass is 10.2. The fraction of sp³-hybridized carbons (Fsp3) is 0.265. The van der Waals surface area contributed by atoms with E-state index < -0.39 is 0 Å². The van der Waals surface area contributed by atoms with Crippen molar-refractivity contribution >= 4 is 75.6 Å². The van der Waals surface area contributed by atoms with Gasteiger partial charge in [0, 0.05) is 63.7 Å². The van der Waals surface area contributed by atoms with E-state index in [0.29, 0.717) is 22.9 Å². The number of aromatic nitrogens is 4. The highest BCUT2D eigenvalue weighted by Gasteiger charge is 2.29. The number of fused-ring (bicyclic) bond motifs is 3. The predicted molar refractivity (Wildman–Crippen MR) is 185 cm³/mol. The summed E-state index contributed by atoms with van der Waals surface area (Å²) in [6, 6.07) is 21.7. The minimum absolute atomic E-state index is 0.0623. The molecule has 0 aliphatic carbocycles. The van der Waals surface area contributed by atoms with Crippen LogP contribution in [-0.4, -0.2) is 57.8 Å². The van der Waals surface area contributed by atoms with Crippen molar-refractivity contribution in [3.05, 3.63) is 83.5 Å². The Morgan fingerprint density at radius 2 is 1.52 bits per heavy atom. The summed E-state index contributed by atoms with van der Waals surface area (Å²) < 4.78 is 1.98. The molecule has 3 aromatic carbocycles. The van der Waals surface area contributed by atoms with Crippen LogP contribution in [0, 0.1) is 0 Å². The smallest absolute Gasteiger partial charge is 0.251 e. The number of carbonyl (C=O) groups is 1. The molecule has 5 aromatic rings. The van der Waals surface area contributed by atoms with Gasteiger partial charge in [0.15, 0.2) is 0 Å². The van der Waals surface area contributed by atoms with Crippen LogP contribution in [-0.2, 0) is 11.3 Å². The zero-order valence-corrected chi connectivity index (χ0v) is 26.7. The number of carbonyl (C=O) groups excluding carboxylic acids is 1. The van der Waals surface area contributed by atoms with E-state index in [1.807, 2.05) is 77.5 Å². The van der Waals surface area contributed by atoms with Crippen molar-refractivity contribution in [3.63, 3.8) is 0 Å². The van der Waals surface area contributed by atoms with Crippen molar-refractivity contribution in [2.45, 2.75) is 42.0 Å². The van der Waals surface area contributed by atoms with Crippen molar-refractivity contribution in [3.8, 4) is 0 Å². The van der Waals surface area contributed by atoms with Gasteiger partial charge in [-0.25, -0.2) is 5.43 Å². The van der Waals surface area contributed by atoms with Crippen LogP contribution in [0.3, 0.4) is 0 Å². The minimum atomic E-state index is -0.0623. The summed E-state index contributed by atoms with van der Waals surface area (Å²) in [6.45, 7) is 3.93. The van der Waals surface area contributed by atoms with Crippen molar-refractivity contribution in [1.29, 1.82) is 0 Å². The number of hydrogen-bond donors (Lipinski definition) is 1. The molecule has 0 bridgehead atoms. The molecule has 12 heteroatoms. The maximum absolute atomic E-state index is 14.1. The van der Waals surface area contributed by atoms with Crippen LogP contribution in [0.25, 0.3) is 10.9 Å². The second-order valence-electron chi connectivity index (χ2n) is 11.7. The highest BCUT2D eigenvalue weighted by atomic mass is 35.5. The molecule has 10 nitrogen and oxygen atoms in total. The van der Waals surface area contributed by atoms with Gasteiger partial charge in [0.2, 0.25) is 17.8 Å². The number of hydrazone groups is 1. The molecule has 0 radical (unpaired) electrons. The topological polar surface area (TPSA) is 94.8 Å². The molecule has 0 atom stereocenters. The van der Waals surface area contributed by atoms with Crippen LogP contribution < -0.4 is 20.1 Å². The number of hydrogen-bond acceptors (Lipinski definition) is 9. The number of nitrogens with one attached hydrogen (secondary N) is 1. The molecular weight excluding hydrogens is 618 g/mol. The molecule has 2 saturated heterocycles. The van der Waals surface area contributed by atoms with Gasteiger partial charge in [-0.3, -0.25) is 9.69 Å². The second kappa shape index (κ2) is 12.3. The number of amides is 1. The maximum Gasteiger partial charge on any atom is 0.251 e. The Kier molecular flexibility index (Phi) is 7.71. The first-order valence-corrected chi connectivity index (χ1v) is 16.8. The van der Waals surface area contributed by atoms with Crippen molar-refractivity contribution in [2.75, 3.05) is 46.3 Å². The second-order valence-corrected chi connectivity index (χ2v) is 13.2. The molecule has 3 aliphatic rings. The molecule has 2 fully saturated rings. The van der Waals surface area contributed by atoms with Gasteiger partial charge in [-0.05, 0) is 62.1 Å². The van der Waals surface area contributed by atoms with Crippen LogP contribution >= 0.6 is 23.4 Å². The van der Waals surface area contributed by atoms with E-state index in [0.717, 1.165) is 89.5 Å². The van der Waals surface area contributed by atoms with Gasteiger partial charge in [-0.15, -0.1) is 0 Å². The van der Waals surface area contributed by atoms with E-state index in [1.165, 1.54) is 0 Å². The number of halogens is 1. The zero-order valence-electron chi connectivity index (χ0n) is 25.1. The van der Waals surface area contributed by atoms with Gasteiger partial charge in [0.05, 0.1) is 17.6 Å². The van der Waals surface area contributed by atoms with E-state index in [-0.39, 0.29) is 12.5 Å². The van der Waals surface area contributed by atoms with Gasteiger partial charge < -0.3 is 14.4 Å². The van der Waals surface area contributed by atoms with Crippen LogP contribution in [0.1, 0.15) is 31.2 Å². The predicted octanol–water partition coefficient (Wildman–Crippen LogP) is 6.96. The molecule has 0 saturated carbocycles. The Balaban J connectivity index is 1.08. The monoisotopic (exact) mass is 649 g/mol. The Morgan fingerprint density at radius 1 is 0.848 bits per heavy atom. The van der Waals surface area contributed by atoms with Crippen molar-refractivity contribution in [1.82, 2.24) is 19.5 Å². The van der Waals surface area contributed by atoms with Gasteiger partial charge in [0.25, 0.3) is 5.91 Å². The van der Waals surface area contributed by atoms with Crippen LogP contribution in [0.15, 0.2) is 87.8 Å². The molecule has 1 N–H and O–H groups in total. The lowest BCUT2D eigenvalue weighted by Gasteiger charge is -2.31. The Bertz CT molecular complexity index is 1930. The van der Waals surface area contributed by atoms with Crippen LogP contribution in [0.2, 0.25) is 5.02 Å². The first-order chi connectivity index (χ1) is 22.6. The van der Waals surface area contributed by atoms with Crippen molar-refractivity contribution < 1.29 is 4.79 Å². The standard InChI is InChI=1S/C34H32ClN9OS/c35-24-13-14-30-28(19-24)44(27-11-3-4-12-29(27)46-30)31(45)22-43-21-23(25-9-1-2-10-26(25)43)20-36-40-32-37-33(41-15-5-6-16-41)39-34(38-32)42-17-7-8-18-42/h1-4,9-14,19-21H,5-8,15-18,22H2,(H,37,38,39,40)/b36-20+. The van der Waals surface area contributed by atoms with Gasteiger partial charge in [-0.2, -0.15) is 20.1 Å². The van der Waals surface area contributed by atoms with Gasteiger partial charge >= 0.3 is 0 Å². The molecule has 46 heavy (non-hydrogen) atoms. The maximum atomic E-state index is 14.1. The fourth-order valence-corrected chi connectivity index (χ4v) is 7.61. The van der Waals surface area contributed by atoms with E-state index in [2.05, 4.69) is 20.3 Å². The summed E-state index contributed by atoms with van der Waals surface area (Å²) in [6.07, 6.45) is 8.29. The van der Waals surface area contributed by atoms with Gasteiger partial charge in [0.1, 0.15) is 6.54 Å². The number of para-hydroxylation sites is 2. The van der Waals surface area contributed by atoms with Gasteiger partial charge in [-0.1, -0.05) is 53.7 Å². The van der Waals surface area contributed by atoms with Crippen molar-refractivity contribution in [2.24, 2.45) is 5.10 Å². The highest BCUT2D eigenvalue weighted by Crippen LogP contribution is 2.49. The fourth-order valence-electron chi connectivity index (χ4n) is 6.40. The normalized spacial score (nSPS) is 16.0. The summed E-state index contributed by atoms with van der Waals surface area (Å²) in [4.78, 5) is 36.6. The average molecular weight is 650 g/mol. The highest BCUT2D eigenvalue weighted by molar-refractivity contribution is 7.99. The van der Waals surface area contributed by atoms with Crippen LogP contribution in [0.5, 0.6) is 0 Å². The molecule has 2 aromatic heterocycles.